The third-order valence-electron chi connectivity index (χ3n) is 4.57. The molecule has 10 heteroatoms. The molecule has 0 radical (unpaired) electrons. The predicted molar refractivity (Wildman–Crippen MR) is 116 cm³/mol. The van der Waals surface area contributed by atoms with Gasteiger partial charge in [-0.1, -0.05) is 0 Å². The summed E-state index contributed by atoms with van der Waals surface area (Å²) in [7, 11) is 1.63. The molecule has 1 atom stereocenters. The van der Waals surface area contributed by atoms with Gasteiger partial charge in [0.15, 0.2) is 0 Å². The fourth-order valence-electron chi connectivity index (χ4n) is 3.27. The summed E-state index contributed by atoms with van der Waals surface area (Å²) in [5, 5.41) is 3.21. The Morgan fingerprint density at radius 1 is 1.27 bits per heavy atom. The largest absolute Gasteiger partial charge is 0.495 e. The molecule has 162 valence electrons. The van der Waals surface area contributed by atoms with Gasteiger partial charge in [-0.15, -0.1) is 0 Å². The Morgan fingerprint density at radius 2 is 2.03 bits per heavy atom. The molecule has 1 aliphatic rings. The molecule has 0 aliphatic carbocycles. The smallest absolute Gasteiger partial charge is 0.410 e. The topological polar surface area (TPSA) is 92.7 Å². The number of carbonyl (C=O) groups excluding carboxylic acids is 1. The van der Waals surface area contributed by atoms with Crippen LogP contribution in [0.25, 0.3) is 0 Å². The highest BCUT2D eigenvalue weighted by atomic mass is 35.5. The van der Waals surface area contributed by atoms with E-state index in [1.807, 2.05) is 39.0 Å². The van der Waals surface area contributed by atoms with E-state index < -0.39 is 5.60 Å². The number of ether oxygens (including phenoxy) is 2. The van der Waals surface area contributed by atoms with Crippen molar-refractivity contribution >= 4 is 35.0 Å². The summed E-state index contributed by atoms with van der Waals surface area (Å²) >= 11 is 5.81. The zero-order valence-electron chi connectivity index (χ0n) is 17.8. The van der Waals surface area contributed by atoms with E-state index in [1.54, 1.807) is 12.0 Å². The lowest BCUT2D eigenvalue weighted by atomic mass is 10.1. The summed E-state index contributed by atoms with van der Waals surface area (Å²) in [6, 6.07) is 5.87. The van der Waals surface area contributed by atoms with E-state index in [0.29, 0.717) is 31.3 Å². The van der Waals surface area contributed by atoms with E-state index in [9.17, 15) is 4.79 Å². The Hall–Kier alpha value is -2.81. The molecule has 1 fully saturated rings. The molecular weight excluding hydrogens is 408 g/mol. The summed E-state index contributed by atoms with van der Waals surface area (Å²) in [5.41, 5.74) is 1.21. The highest BCUT2D eigenvalue weighted by molar-refractivity contribution is 6.28. The van der Waals surface area contributed by atoms with Crippen molar-refractivity contribution in [2.75, 3.05) is 37.0 Å². The van der Waals surface area contributed by atoms with Crippen molar-refractivity contribution in [3.63, 3.8) is 0 Å². The van der Waals surface area contributed by atoms with Gasteiger partial charge in [-0.05, 0) is 51.4 Å². The zero-order chi connectivity index (χ0) is 21.9. The number of aromatic nitrogens is 3. The Kier molecular flexibility index (Phi) is 6.50. The van der Waals surface area contributed by atoms with Gasteiger partial charge in [0.05, 0.1) is 12.8 Å². The van der Waals surface area contributed by atoms with Crippen LogP contribution in [0.4, 0.5) is 22.1 Å². The van der Waals surface area contributed by atoms with Crippen molar-refractivity contribution in [2.45, 2.75) is 39.3 Å². The maximum Gasteiger partial charge on any atom is 0.410 e. The van der Waals surface area contributed by atoms with Crippen molar-refractivity contribution in [1.29, 1.82) is 0 Å². The van der Waals surface area contributed by atoms with Crippen molar-refractivity contribution in [2.24, 2.45) is 0 Å². The fourth-order valence-corrected chi connectivity index (χ4v) is 3.39. The molecule has 0 spiro atoms. The van der Waals surface area contributed by atoms with Crippen molar-refractivity contribution in [3.8, 4) is 5.75 Å². The summed E-state index contributed by atoms with van der Waals surface area (Å²) in [6.07, 6.45) is 1.06. The molecule has 1 N–H and O–H groups in total. The van der Waals surface area contributed by atoms with Gasteiger partial charge in [0.25, 0.3) is 0 Å². The third kappa shape index (κ3) is 5.41. The second-order valence-corrected chi connectivity index (χ2v) is 8.40. The number of piperazine rings is 1. The summed E-state index contributed by atoms with van der Waals surface area (Å²) in [4.78, 5) is 28.2. The summed E-state index contributed by atoms with van der Waals surface area (Å²) in [5.74, 6) is 1.06. The Labute approximate surface area is 181 Å². The molecule has 1 aromatic heterocycles. The molecule has 30 heavy (non-hydrogen) atoms. The first-order chi connectivity index (χ1) is 14.2. The number of rotatable bonds is 4. The highest BCUT2D eigenvalue weighted by Gasteiger charge is 2.31. The van der Waals surface area contributed by atoms with Crippen LogP contribution in [0, 0.1) is 0 Å². The second-order valence-electron chi connectivity index (χ2n) is 8.06. The van der Waals surface area contributed by atoms with Gasteiger partial charge in [0.1, 0.15) is 17.7 Å². The molecular formula is C20H27ClN6O3. The van der Waals surface area contributed by atoms with Crippen molar-refractivity contribution in [1.82, 2.24) is 19.9 Å². The van der Waals surface area contributed by atoms with E-state index in [2.05, 4.69) is 32.1 Å². The van der Waals surface area contributed by atoms with Crippen LogP contribution in [0.3, 0.4) is 0 Å². The highest BCUT2D eigenvalue weighted by Crippen LogP contribution is 2.34. The van der Waals surface area contributed by atoms with Gasteiger partial charge in [-0.25, -0.2) is 14.8 Å². The molecule has 0 saturated carbocycles. The first-order valence-corrected chi connectivity index (χ1v) is 10.1. The Morgan fingerprint density at radius 3 is 2.67 bits per heavy atom. The van der Waals surface area contributed by atoms with Crippen LogP contribution < -0.4 is 15.0 Å². The van der Waals surface area contributed by atoms with Gasteiger partial charge in [-0.2, -0.15) is 4.98 Å². The number of carbonyl (C=O) groups is 1. The van der Waals surface area contributed by atoms with Crippen LogP contribution in [-0.4, -0.2) is 64.3 Å². The number of anilines is 3. The minimum Gasteiger partial charge on any atom is -0.495 e. The van der Waals surface area contributed by atoms with Gasteiger partial charge >= 0.3 is 6.09 Å². The van der Waals surface area contributed by atoms with Crippen LogP contribution in [-0.2, 0) is 4.74 Å². The number of methoxy groups -OCH3 is 1. The quantitative estimate of drug-likeness (QED) is 0.778. The van der Waals surface area contributed by atoms with E-state index in [4.69, 9.17) is 21.1 Å². The molecule has 1 amide bonds. The lowest BCUT2D eigenvalue weighted by Crippen LogP contribution is -2.54. The third-order valence-corrected chi connectivity index (χ3v) is 4.75. The second kappa shape index (κ2) is 8.91. The van der Waals surface area contributed by atoms with Gasteiger partial charge in [0.2, 0.25) is 11.2 Å². The van der Waals surface area contributed by atoms with Crippen LogP contribution in [0.2, 0.25) is 5.28 Å². The summed E-state index contributed by atoms with van der Waals surface area (Å²) in [6.45, 7) is 9.51. The maximum atomic E-state index is 12.4. The monoisotopic (exact) mass is 434 g/mol. The van der Waals surface area contributed by atoms with Crippen LogP contribution in [0.15, 0.2) is 24.5 Å². The lowest BCUT2D eigenvalue weighted by molar-refractivity contribution is 0.0218. The Balaban J connectivity index is 1.72. The molecule has 3 rings (SSSR count). The fraction of sp³-hybridized carbons (Fsp3) is 0.500. The number of halogens is 1. The number of benzene rings is 1. The molecule has 1 aliphatic heterocycles. The number of hydrogen-bond donors (Lipinski definition) is 1. The minimum absolute atomic E-state index is 0.0984. The number of hydrogen-bond acceptors (Lipinski definition) is 8. The first kappa shape index (κ1) is 21.9. The average Bonchev–Trinajstić information content (AvgIpc) is 2.67. The molecule has 2 heterocycles. The number of amides is 1. The van der Waals surface area contributed by atoms with Crippen LogP contribution in [0.1, 0.15) is 27.7 Å². The van der Waals surface area contributed by atoms with E-state index >= 15 is 0 Å². The number of nitrogens with zero attached hydrogens (tertiary/aromatic N) is 5. The minimum atomic E-state index is -0.508. The molecule has 0 unspecified atom stereocenters. The maximum absolute atomic E-state index is 12.4. The van der Waals surface area contributed by atoms with Crippen LogP contribution >= 0.6 is 11.6 Å². The molecule has 2 aromatic rings. The van der Waals surface area contributed by atoms with Gasteiger partial charge < -0.3 is 24.6 Å². The van der Waals surface area contributed by atoms with Crippen LogP contribution in [0.5, 0.6) is 5.75 Å². The first-order valence-electron chi connectivity index (χ1n) is 9.70. The molecule has 1 saturated heterocycles. The van der Waals surface area contributed by atoms with E-state index in [0.717, 1.165) is 11.4 Å². The number of nitrogens with one attached hydrogen (secondary N) is 1. The molecule has 1 aromatic carbocycles. The average molecular weight is 435 g/mol. The van der Waals surface area contributed by atoms with Crippen molar-refractivity contribution < 1.29 is 14.3 Å². The van der Waals surface area contributed by atoms with E-state index in [1.165, 1.54) is 6.33 Å². The SMILES string of the molecule is COc1cc(Nc2ncnc(Cl)n2)ccc1N1CCN(C(=O)OC(C)(C)C)C[C@@H]1C. The molecule has 9 nitrogen and oxygen atoms in total. The normalized spacial score (nSPS) is 16.9. The predicted octanol–water partition coefficient (Wildman–Crippen LogP) is 3.72. The molecule has 0 bridgehead atoms. The Bertz CT molecular complexity index is 904. The van der Waals surface area contributed by atoms with Gasteiger partial charge in [0, 0.05) is 37.4 Å². The summed E-state index contributed by atoms with van der Waals surface area (Å²) < 4.78 is 11.1. The van der Waals surface area contributed by atoms with Gasteiger partial charge in [-0.3, -0.25) is 0 Å². The zero-order valence-corrected chi connectivity index (χ0v) is 18.6. The lowest BCUT2D eigenvalue weighted by Gasteiger charge is -2.41. The van der Waals surface area contributed by atoms with E-state index in [-0.39, 0.29) is 17.4 Å². The van der Waals surface area contributed by atoms with Crippen molar-refractivity contribution in [3.05, 3.63) is 29.8 Å². The standard InChI is InChI=1S/C20H27ClN6O3/c1-13-11-26(19(28)30-20(2,3)4)8-9-27(13)15-7-6-14(10-16(15)29-5)24-18-23-12-22-17(21)25-18/h6-7,10,12-13H,8-9,11H2,1-5H3,(H,22,23,24,25)/t13-/m0/s1.